The molecule has 2 heterocycles. The van der Waals surface area contributed by atoms with Crippen LogP contribution in [-0.2, 0) is 23.8 Å². The van der Waals surface area contributed by atoms with Crippen molar-refractivity contribution < 1.29 is 23.8 Å². The molecule has 0 spiro atoms. The first kappa shape index (κ1) is 10.3. The van der Waals surface area contributed by atoms with Crippen molar-refractivity contribution in [2.45, 2.75) is 12.2 Å². The highest BCUT2D eigenvalue weighted by molar-refractivity contribution is 4.61. The number of nitrogens with one attached hydrogen (secondary N) is 1. The predicted molar refractivity (Wildman–Crippen MR) is 45.3 cm³/mol. The molecule has 2 aliphatic rings. The van der Waals surface area contributed by atoms with Crippen LogP contribution in [0.2, 0.25) is 0 Å². The lowest BCUT2D eigenvalue weighted by atomic mass is 10.4. The smallest absolute Gasteiger partial charge is 0.147 e. The minimum absolute atomic E-state index is 0.0447. The van der Waals surface area contributed by atoms with Crippen molar-refractivity contribution in [1.29, 1.82) is 0 Å². The van der Waals surface area contributed by atoms with Gasteiger partial charge in [-0.05, 0) is 0 Å². The van der Waals surface area contributed by atoms with Gasteiger partial charge >= 0.3 is 0 Å². The zero-order valence-electron chi connectivity index (χ0n) is 7.94. The fourth-order valence-corrected chi connectivity index (χ4v) is 1.26. The molecule has 0 radical (unpaired) electrons. The van der Waals surface area contributed by atoms with Gasteiger partial charge < -0.3 is 18.9 Å². The number of hydroxylamine groups is 1. The zero-order valence-corrected chi connectivity index (χ0v) is 7.94. The molecule has 2 saturated heterocycles. The molecular formula is C8H15NO5. The SMILES string of the molecule is C1OCC(CNOCC2COCO2)O1. The molecule has 0 aromatic heterocycles. The molecule has 0 aliphatic carbocycles. The molecule has 2 aliphatic heterocycles. The normalized spacial score (nSPS) is 32.6. The van der Waals surface area contributed by atoms with E-state index in [2.05, 4.69) is 5.48 Å². The Balaban J connectivity index is 1.46. The summed E-state index contributed by atoms with van der Waals surface area (Å²) < 4.78 is 20.4. The van der Waals surface area contributed by atoms with Crippen LogP contribution in [0.25, 0.3) is 0 Å². The van der Waals surface area contributed by atoms with Gasteiger partial charge in [-0.2, -0.15) is 5.48 Å². The Morgan fingerprint density at radius 1 is 1.07 bits per heavy atom. The Hall–Kier alpha value is -0.240. The van der Waals surface area contributed by atoms with Gasteiger partial charge in [-0.1, -0.05) is 0 Å². The lowest BCUT2D eigenvalue weighted by Crippen LogP contribution is -2.31. The van der Waals surface area contributed by atoms with Gasteiger partial charge in [0.15, 0.2) is 0 Å². The Morgan fingerprint density at radius 2 is 1.79 bits per heavy atom. The summed E-state index contributed by atoms with van der Waals surface area (Å²) in [5.41, 5.74) is 2.81. The highest BCUT2D eigenvalue weighted by Gasteiger charge is 2.18. The second-order valence-corrected chi connectivity index (χ2v) is 3.21. The second kappa shape index (κ2) is 5.59. The standard InChI is InChI=1S/C8H15NO5/c1(7-2-10-5-12-7)9-14-4-8-3-11-6-13-8/h7-9H,1-6H2. The van der Waals surface area contributed by atoms with Gasteiger partial charge in [0.1, 0.15) is 19.7 Å². The lowest BCUT2D eigenvalue weighted by Gasteiger charge is -2.11. The van der Waals surface area contributed by atoms with Crippen molar-refractivity contribution in [3.05, 3.63) is 0 Å². The van der Waals surface area contributed by atoms with E-state index in [9.17, 15) is 0 Å². The average molecular weight is 205 g/mol. The summed E-state index contributed by atoms with van der Waals surface area (Å²) in [7, 11) is 0. The summed E-state index contributed by atoms with van der Waals surface area (Å²) in [5, 5.41) is 0. The lowest BCUT2D eigenvalue weighted by molar-refractivity contribution is -0.0436. The molecule has 0 saturated carbocycles. The van der Waals surface area contributed by atoms with Crippen molar-refractivity contribution in [1.82, 2.24) is 5.48 Å². The van der Waals surface area contributed by atoms with E-state index in [0.29, 0.717) is 40.0 Å². The van der Waals surface area contributed by atoms with Crippen LogP contribution in [0.5, 0.6) is 0 Å². The summed E-state index contributed by atoms with van der Waals surface area (Å²) in [6.07, 6.45) is 0.138. The Labute approximate surface area is 82.4 Å². The van der Waals surface area contributed by atoms with Crippen LogP contribution in [-0.4, -0.2) is 52.2 Å². The molecule has 6 nitrogen and oxygen atoms in total. The molecule has 6 heteroatoms. The summed E-state index contributed by atoms with van der Waals surface area (Å²) in [6.45, 7) is 3.10. The van der Waals surface area contributed by atoms with Gasteiger partial charge in [-0.25, -0.2) is 0 Å². The summed E-state index contributed by atoms with van der Waals surface area (Å²) in [6, 6.07) is 0. The Kier molecular flexibility index (Phi) is 4.11. The molecule has 2 atom stereocenters. The molecule has 2 rings (SSSR count). The molecular weight excluding hydrogens is 190 g/mol. The number of hydrogen-bond acceptors (Lipinski definition) is 6. The molecule has 0 amide bonds. The number of ether oxygens (including phenoxy) is 4. The Morgan fingerprint density at radius 3 is 2.43 bits per heavy atom. The molecule has 2 fully saturated rings. The third-order valence-electron chi connectivity index (χ3n) is 2.06. The van der Waals surface area contributed by atoms with Crippen LogP contribution in [0.3, 0.4) is 0 Å². The third-order valence-corrected chi connectivity index (χ3v) is 2.06. The van der Waals surface area contributed by atoms with E-state index in [1.165, 1.54) is 0 Å². The van der Waals surface area contributed by atoms with Crippen LogP contribution in [0.4, 0.5) is 0 Å². The van der Waals surface area contributed by atoms with Gasteiger partial charge in [-0.3, -0.25) is 4.84 Å². The van der Waals surface area contributed by atoms with Crippen LogP contribution >= 0.6 is 0 Å². The maximum Gasteiger partial charge on any atom is 0.147 e. The van der Waals surface area contributed by atoms with Gasteiger partial charge in [0.05, 0.1) is 25.9 Å². The van der Waals surface area contributed by atoms with Crippen molar-refractivity contribution >= 4 is 0 Å². The maximum absolute atomic E-state index is 5.20. The maximum atomic E-state index is 5.20. The first-order valence-electron chi connectivity index (χ1n) is 4.68. The van der Waals surface area contributed by atoms with Crippen LogP contribution in [0.1, 0.15) is 0 Å². The van der Waals surface area contributed by atoms with Crippen molar-refractivity contribution in [2.75, 3.05) is 40.0 Å². The van der Waals surface area contributed by atoms with Gasteiger partial charge in [0, 0.05) is 6.54 Å². The Bertz CT molecular complexity index is 138. The molecule has 1 N–H and O–H groups in total. The fourth-order valence-electron chi connectivity index (χ4n) is 1.26. The van der Waals surface area contributed by atoms with E-state index in [1.54, 1.807) is 0 Å². The molecule has 0 aromatic carbocycles. The fraction of sp³-hybridized carbons (Fsp3) is 1.00. The topological polar surface area (TPSA) is 58.2 Å². The quantitative estimate of drug-likeness (QED) is 0.471. The average Bonchev–Trinajstić information content (AvgIpc) is 2.86. The first-order valence-corrected chi connectivity index (χ1v) is 4.68. The highest BCUT2D eigenvalue weighted by atomic mass is 16.7. The van der Waals surface area contributed by atoms with E-state index in [0.717, 1.165) is 0 Å². The summed E-state index contributed by atoms with van der Waals surface area (Å²) >= 11 is 0. The second-order valence-electron chi connectivity index (χ2n) is 3.21. The third kappa shape index (κ3) is 3.16. The van der Waals surface area contributed by atoms with Gasteiger partial charge in [0.25, 0.3) is 0 Å². The monoisotopic (exact) mass is 205 g/mol. The summed E-state index contributed by atoms with van der Waals surface area (Å²) in [5.74, 6) is 0. The largest absolute Gasteiger partial charge is 0.353 e. The first-order chi connectivity index (χ1) is 6.95. The molecule has 82 valence electrons. The molecule has 0 bridgehead atoms. The van der Waals surface area contributed by atoms with Crippen molar-refractivity contribution in [3.8, 4) is 0 Å². The predicted octanol–water partition coefficient (Wildman–Crippen LogP) is -0.747. The summed E-state index contributed by atoms with van der Waals surface area (Å²) in [4.78, 5) is 5.19. The van der Waals surface area contributed by atoms with Crippen LogP contribution < -0.4 is 5.48 Å². The van der Waals surface area contributed by atoms with E-state index in [1.807, 2.05) is 0 Å². The van der Waals surface area contributed by atoms with E-state index >= 15 is 0 Å². The van der Waals surface area contributed by atoms with Gasteiger partial charge in [-0.15, -0.1) is 0 Å². The van der Waals surface area contributed by atoms with Crippen molar-refractivity contribution in [2.24, 2.45) is 0 Å². The minimum Gasteiger partial charge on any atom is -0.353 e. The number of rotatable bonds is 5. The molecule has 2 unspecified atom stereocenters. The van der Waals surface area contributed by atoms with E-state index in [-0.39, 0.29) is 12.2 Å². The zero-order chi connectivity index (χ0) is 9.64. The van der Waals surface area contributed by atoms with Crippen molar-refractivity contribution in [3.63, 3.8) is 0 Å². The van der Waals surface area contributed by atoms with Crippen LogP contribution in [0.15, 0.2) is 0 Å². The van der Waals surface area contributed by atoms with E-state index in [4.69, 9.17) is 23.8 Å². The highest BCUT2D eigenvalue weighted by Crippen LogP contribution is 2.03. The van der Waals surface area contributed by atoms with Gasteiger partial charge in [0.2, 0.25) is 0 Å². The number of hydrogen-bond donors (Lipinski definition) is 1. The molecule has 14 heavy (non-hydrogen) atoms. The minimum atomic E-state index is 0.0447. The molecule has 0 aromatic rings. The van der Waals surface area contributed by atoms with E-state index < -0.39 is 0 Å². The van der Waals surface area contributed by atoms with Crippen LogP contribution in [0, 0.1) is 0 Å².